The van der Waals surface area contributed by atoms with E-state index in [2.05, 4.69) is 30.7 Å². The van der Waals surface area contributed by atoms with Gasteiger partial charge in [0.25, 0.3) is 11.5 Å². The van der Waals surface area contributed by atoms with E-state index in [9.17, 15) is 9.59 Å². The van der Waals surface area contributed by atoms with Crippen LogP contribution in [0.3, 0.4) is 0 Å². The Morgan fingerprint density at radius 1 is 1.31 bits per heavy atom. The Morgan fingerprint density at radius 3 is 3.00 bits per heavy atom. The van der Waals surface area contributed by atoms with Crippen LogP contribution in [0, 0.1) is 0 Å². The fraction of sp³-hybridized carbons (Fsp3) is 0.125. The molecule has 0 bridgehead atoms. The summed E-state index contributed by atoms with van der Waals surface area (Å²) in [4.78, 5) is 30.6. The molecular formula is C16H14N8O2. The summed E-state index contributed by atoms with van der Waals surface area (Å²) in [6.07, 6.45) is 8.08. The average Bonchev–Trinajstić information content (AvgIpc) is 3.28. The number of rotatable bonds is 4. The molecule has 2 N–H and O–H groups in total. The van der Waals surface area contributed by atoms with Gasteiger partial charge in [-0.1, -0.05) is 5.21 Å². The number of aromatic amines is 1. The summed E-state index contributed by atoms with van der Waals surface area (Å²) < 4.78 is 3.24. The number of amides is 1. The minimum Gasteiger partial charge on any atom is -0.346 e. The highest BCUT2D eigenvalue weighted by molar-refractivity contribution is 5.97. The van der Waals surface area contributed by atoms with Gasteiger partial charge in [-0.15, -0.1) is 5.10 Å². The Labute approximate surface area is 146 Å². The van der Waals surface area contributed by atoms with Crippen molar-refractivity contribution in [3.8, 4) is 5.69 Å². The van der Waals surface area contributed by atoms with Gasteiger partial charge in [-0.2, -0.15) is 5.10 Å². The number of hydrogen-bond acceptors (Lipinski definition) is 6. The highest BCUT2D eigenvalue weighted by atomic mass is 16.1. The zero-order valence-corrected chi connectivity index (χ0v) is 13.7. The van der Waals surface area contributed by atoms with E-state index in [1.807, 2.05) is 7.05 Å². The summed E-state index contributed by atoms with van der Waals surface area (Å²) in [7, 11) is 1.81. The Bertz CT molecular complexity index is 1160. The molecule has 130 valence electrons. The Hall–Kier alpha value is -3.82. The van der Waals surface area contributed by atoms with Crippen LogP contribution in [0.5, 0.6) is 0 Å². The van der Waals surface area contributed by atoms with Gasteiger partial charge in [-0.05, 0) is 12.1 Å². The summed E-state index contributed by atoms with van der Waals surface area (Å²) >= 11 is 0. The van der Waals surface area contributed by atoms with E-state index in [1.165, 1.54) is 12.4 Å². The standard InChI is InChI=1S/C16H14N8O2/c1-23-9-13(7-20-23)24-8-12(21-22-24)6-19-15(25)11-4-10-2-3-17-16(26)14(10)18-5-11/h2-5,7-9H,6H2,1H3,(H,17,26)(H,19,25). The number of nitrogens with zero attached hydrogens (tertiary/aromatic N) is 6. The Morgan fingerprint density at radius 2 is 2.19 bits per heavy atom. The van der Waals surface area contributed by atoms with Gasteiger partial charge in [0.1, 0.15) is 16.9 Å². The predicted octanol–water partition coefficient (Wildman–Crippen LogP) is 0.167. The molecule has 4 aromatic rings. The molecule has 10 heteroatoms. The summed E-state index contributed by atoms with van der Waals surface area (Å²) in [5.74, 6) is -0.310. The van der Waals surface area contributed by atoms with Crippen LogP contribution in [0.25, 0.3) is 16.6 Å². The van der Waals surface area contributed by atoms with Gasteiger partial charge in [-0.25, -0.2) is 9.67 Å². The first-order chi connectivity index (χ1) is 12.6. The molecule has 4 rings (SSSR count). The smallest absolute Gasteiger partial charge is 0.274 e. The maximum Gasteiger partial charge on any atom is 0.274 e. The summed E-state index contributed by atoms with van der Waals surface area (Å²) in [6, 6.07) is 3.32. The second-order valence-electron chi connectivity index (χ2n) is 5.68. The molecular weight excluding hydrogens is 336 g/mol. The lowest BCUT2D eigenvalue weighted by Gasteiger charge is -2.04. The molecule has 0 unspecified atom stereocenters. The summed E-state index contributed by atoms with van der Waals surface area (Å²) in [5, 5.41) is 15.5. The van der Waals surface area contributed by atoms with E-state index in [-0.39, 0.29) is 18.0 Å². The van der Waals surface area contributed by atoms with E-state index in [4.69, 9.17) is 0 Å². The lowest BCUT2D eigenvalue weighted by Crippen LogP contribution is -2.23. The van der Waals surface area contributed by atoms with Gasteiger partial charge in [0.05, 0.1) is 30.7 Å². The van der Waals surface area contributed by atoms with Crippen LogP contribution in [0.2, 0.25) is 0 Å². The lowest BCUT2D eigenvalue weighted by atomic mass is 10.2. The van der Waals surface area contributed by atoms with E-state index >= 15 is 0 Å². The van der Waals surface area contributed by atoms with Crippen LogP contribution in [0.4, 0.5) is 0 Å². The molecule has 4 heterocycles. The Balaban J connectivity index is 1.47. The number of carbonyl (C=O) groups is 1. The SMILES string of the molecule is Cn1cc(-n2cc(CNC(=O)c3cnc4c(=O)[nH]ccc4c3)nn2)cn1. The number of fused-ring (bicyclic) bond motifs is 1. The van der Waals surface area contributed by atoms with Crippen LogP contribution >= 0.6 is 0 Å². The molecule has 0 radical (unpaired) electrons. The first kappa shape index (κ1) is 15.7. The minimum absolute atomic E-state index is 0.215. The molecule has 0 aliphatic rings. The molecule has 10 nitrogen and oxygen atoms in total. The van der Waals surface area contributed by atoms with Gasteiger partial charge in [0.15, 0.2) is 0 Å². The number of nitrogens with one attached hydrogen (secondary N) is 2. The van der Waals surface area contributed by atoms with E-state index in [0.717, 1.165) is 5.69 Å². The van der Waals surface area contributed by atoms with E-state index < -0.39 is 0 Å². The van der Waals surface area contributed by atoms with E-state index in [0.29, 0.717) is 22.2 Å². The molecule has 0 aliphatic carbocycles. The third-order valence-corrected chi connectivity index (χ3v) is 3.80. The van der Waals surface area contributed by atoms with Crippen molar-refractivity contribution < 1.29 is 4.79 Å². The number of H-pyrrole nitrogens is 1. The molecule has 4 aromatic heterocycles. The fourth-order valence-electron chi connectivity index (χ4n) is 2.50. The second kappa shape index (κ2) is 6.24. The number of pyridine rings is 2. The first-order valence-electron chi connectivity index (χ1n) is 7.76. The zero-order chi connectivity index (χ0) is 18.1. The lowest BCUT2D eigenvalue weighted by molar-refractivity contribution is 0.0950. The molecule has 26 heavy (non-hydrogen) atoms. The molecule has 0 saturated carbocycles. The van der Waals surface area contributed by atoms with Gasteiger partial charge in [0.2, 0.25) is 0 Å². The van der Waals surface area contributed by atoms with Crippen molar-refractivity contribution in [2.24, 2.45) is 7.05 Å². The van der Waals surface area contributed by atoms with Crippen molar-refractivity contribution in [1.29, 1.82) is 0 Å². The van der Waals surface area contributed by atoms with Crippen LogP contribution in [0.1, 0.15) is 16.1 Å². The first-order valence-corrected chi connectivity index (χ1v) is 7.76. The quantitative estimate of drug-likeness (QED) is 0.541. The monoisotopic (exact) mass is 350 g/mol. The molecule has 0 fully saturated rings. The second-order valence-corrected chi connectivity index (χ2v) is 5.68. The predicted molar refractivity (Wildman–Crippen MR) is 91.7 cm³/mol. The van der Waals surface area contributed by atoms with E-state index in [1.54, 1.807) is 40.1 Å². The topological polar surface area (TPSA) is 123 Å². The molecule has 0 saturated heterocycles. The third-order valence-electron chi connectivity index (χ3n) is 3.80. The third kappa shape index (κ3) is 2.95. The van der Waals surface area contributed by atoms with Gasteiger partial charge < -0.3 is 10.3 Å². The maximum atomic E-state index is 12.3. The highest BCUT2D eigenvalue weighted by Crippen LogP contribution is 2.09. The normalized spacial score (nSPS) is 11.0. The number of aryl methyl sites for hydroxylation is 1. The molecule has 0 spiro atoms. The van der Waals surface area contributed by atoms with Crippen molar-refractivity contribution >= 4 is 16.8 Å². The molecule has 1 amide bonds. The Kier molecular flexibility index (Phi) is 3.77. The molecule has 0 atom stereocenters. The summed E-state index contributed by atoms with van der Waals surface area (Å²) in [5.41, 5.74) is 1.75. The van der Waals surface area contributed by atoms with Gasteiger partial charge >= 0.3 is 0 Å². The van der Waals surface area contributed by atoms with Crippen molar-refractivity contribution in [1.82, 2.24) is 40.1 Å². The van der Waals surface area contributed by atoms with Crippen LogP contribution in [-0.4, -0.2) is 40.6 Å². The number of carbonyl (C=O) groups excluding carboxylic acids is 1. The zero-order valence-electron chi connectivity index (χ0n) is 13.7. The van der Waals surface area contributed by atoms with Crippen molar-refractivity contribution in [3.63, 3.8) is 0 Å². The fourth-order valence-corrected chi connectivity index (χ4v) is 2.50. The van der Waals surface area contributed by atoms with Crippen LogP contribution < -0.4 is 10.9 Å². The maximum absolute atomic E-state index is 12.3. The number of aromatic nitrogens is 7. The highest BCUT2D eigenvalue weighted by Gasteiger charge is 2.10. The summed E-state index contributed by atoms with van der Waals surface area (Å²) in [6.45, 7) is 0.215. The van der Waals surface area contributed by atoms with Gasteiger partial charge in [-0.3, -0.25) is 14.3 Å². The van der Waals surface area contributed by atoms with Crippen molar-refractivity contribution in [2.75, 3.05) is 0 Å². The van der Waals surface area contributed by atoms with Crippen molar-refractivity contribution in [3.05, 3.63) is 64.7 Å². The van der Waals surface area contributed by atoms with Crippen molar-refractivity contribution in [2.45, 2.75) is 6.54 Å². The minimum atomic E-state index is -0.310. The van der Waals surface area contributed by atoms with Crippen LogP contribution in [0.15, 0.2) is 47.9 Å². The van der Waals surface area contributed by atoms with Gasteiger partial charge in [0, 0.05) is 24.8 Å². The average molecular weight is 350 g/mol. The largest absolute Gasteiger partial charge is 0.346 e. The van der Waals surface area contributed by atoms with Crippen LogP contribution in [-0.2, 0) is 13.6 Å². The number of hydrogen-bond donors (Lipinski definition) is 2. The molecule has 0 aromatic carbocycles. The molecule has 0 aliphatic heterocycles.